The van der Waals surface area contributed by atoms with Crippen LogP contribution in [0.2, 0.25) is 0 Å². The largest absolute Gasteiger partial charge is 0.367 e. The molecule has 0 bridgehead atoms. The van der Waals surface area contributed by atoms with Crippen molar-refractivity contribution < 1.29 is 14.3 Å². The van der Waals surface area contributed by atoms with Crippen LogP contribution in [-0.4, -0.2) is 67.2 Å². The molecule has 2 unspecified atom stereocenters. The summed E-state index contributed by atoms with van der Waals surface area (Å²) in [5, 5.41) is 15.3. The van der Waals surface area contributed by atoms with Gasteiger partial charge in [0.2, 0.25) is 0 Å². The highest BCUT2D eigenvalue weighted by molar-refractivity contribution is 5.93. The van der Waals surface area contributed by atoms with Gasteiger partial charge in [0.25, 0.3) is 11.8 Å². The molecule has 0 spiro atoms. The number of amides is 2. The molecule has 4 rings (SSSR count). The molecule has 2 amide bonds. The molecular weight excluding hydrogens is 410 g/mol. The summed E-state index contributed by atoms with van der Waals surface area (Å²) in [7, 11) is 3.34. The molecule has 10 nitrogen and oxygen atoms in total. The van der Waals surface area contributed by atoms with Gasteiger partial charge in [0.1, 0.15) is 5.69 Å². The van der Waals surface area contributed by atoms with E-state index in [9.17, 15) is 9.59 Å². The van der Waals surface area contributed by atoms with Crippen LogP contribution in [0.5, 0.6) is 0 Å². The third-order valence-electron chi connectivity index (χ3n) is 5.80. The van der Waals surface area contributed by atoms with Gasteiger partial charge in [-0.05, 0) is 25.8 Å². The van der Waals surface area contributed by atoms with Gasteiger partial charge in [-0.15, -0.1) is 5.10 Å². The summed E-state index contributed by atoms with van der Waals surface area (Å²) in [6.45, 7) is 4.18. The second-order valence-electron chi connectivity index (χ2n) is 8.08. The molecule has 1 fully saturated rings. The summed E-state index contributed by atoms with van der Waals surface area (Å²) < 4.78 is 8.74. The van der Waals surface area contributed by atoms with Gasteiger partial charge in [0.15, 0.2) is 11.8 Å². The van der Waals surface area contributed by atoms with Crippen LogP contribution in [0.15, 0.2) is 42.7 Å². The minimum absolute atomic E-state index is 0.0265. The Balaban J connectivity index is 1.43. The summed E-state index contributed by atoms with van der Waals surface area (Å²) in [4.78, 5) is 27.8. The van der Waals surface area contributed by atoms with E-state index in [1.54, 1.807) is 33.6 Å². The van der Waals surface area contributed by atoms with Crippen LogP contribution in [-0.2, 0) is 16.6 Å². The van der Waals surface area contributed by atoms with Gasteiger partial charge in [-0.2, -0.15) is 5.10 Å². The first-order valence-corrected chi connectivity index (χ1v) is 10.5. The number of carbonyl (C=O) groups is 2. The van der Waals surface area contributed by atoms with Crippen molar-refractivity contribution in [3.63, 3.8) is 0 Å². The molecule has 1 aliphatic rings. The number of ether oxygens (including phenoxy) is 1. The maximum Gasteiger partial charge on any atom is 0.274 e. The Morgan fingerprint density at radius 3 is 2.66 bits per heavy atom. The van der Waals surface area contributed by atoms with Crippen LogP contribution >= 0.6 is 0 Å². The molecule has 3 heterocycles. The second-order valence-corrected chi connectivity index (χ2v) is 8.08. The van der Waals surface area contributed by atoms with E-state index in [2.05, 4.69) is 20.7 Å². The first kappa shape index (κ1) is 21.7. The quantitative estimate of drug-likeness (QED) is 0.625. The van der Waals surface area contributed by atoms with Gasteiger partial charge in [-0.25, -0.2) is 4.68 Å². The maximum absolute atomic E-state index is 13.2. The zero-order valence-electron chi connectivity index (χ0n) is 18.6. The molecule has 1 saturated heterocycles. The zero-order chi connectivity index (χ0) is 22.8. The van der Waals surface area contributed by atoms with E-state index in [0.717, 1.165) is 11.3 Å². The van der Waals surface area contributed by atoms with E-state index in [1.165, 1.54) is 7.11 Å². The number of rotatable bonds is 6. The highest BCUT2D eigenvalue weighted by Gasteiger charge is 2.37. The monoisotopic (exact) mass is 437 g/mol. The highest BCUT2D eigenvalue weighted by atomic mass is 16.5. The predicted molar refractivity (Wildman–Crippen MR) is 116 cm³/mol. The SMILES string of the molecule is CO[C@@H](C(=O)N1CC(NC(=O)c2nnn(-c3cnn(C)c3)c2C)CC1C)c1ccccc1. The van der Waals surface area contributed by atoms with Gasteiger partial charge >= 0.3 is 0 Å². The van der Waals surface area contributed by atoms with Crippen molar-refractivity contribution in [2.24, 2.45) is 7.05 Å². The van der Waals surface area contributed by atoms with Gasteiger partial charge in [0, 0.05) is 32.8 Å². The molecule has 0 radical (unpaired) electrons. The normalized spacial score (nSPS) is 19.2. The first-order valence-electron chi connectivity index (χ1n) is 10.5. The minimum Gasteiger partial charge on any atom is -0.367 e. The van der Waals surface area contributed by atoms with Crippen LogP contribution < -0.4 is 5.32 Å². The molecule has 1 N–H and O–H groups in total. The number of hydrogen-bond acceptors (Lipinski definition) is 6. The van der Waals surface area contributed by atoms with Crippen LogP contribution in [0, 0.1) is 6.92 Å². The molecule has 10 heteroatoms. The van der Waals surface area contributed by atoms with E-state index in [-0.39, 0.29) is 29.6 Å². The summed E-state index contributed by atoms with van der Waals surface area (Å²) >= 11 is 0. The molecule has 3 aromatic rings. The van der Waals surface area contributed by atoms with Crippen molar-refractivity contribution in [3.05, 3.63) is 59.7 Å². The number of carbonyl (C=O) groups excluding carboxylic acids is 2. The van der Waals surface area contributed by atoms with Gasteiger partial charge in [-0.1, -0.05) is 35.5 Å². The first-order chi connectivity index (χ1) is 15.4. The van der Waals surface area contributed by atoms with Crippen LogP contribution in [0.25, 0.3) is 5.69 Å². The number of aromatic nitrogens is 5. The second kappa shape index (κ2) is 8.91. The Morgan fingerprint density at radius 1 is 1.25 bits per heavy atom. The smallest absolute Gasteiger partial charge is 0.274 e. The average molecular weight is 438 g/mol. The van der Waals surface area contributed by atoms with Crippen molar-refractivity contribution in [1.82, 2.24) is 35.0 Å². The molecular formula is C22H27N7O3. The molecule has 0 saturated carbocycles. The summed E-state index contributed by atoms with van der Waals surface area (Å²) in [5.74, 6) is -0.419. The Bertz CT molecular complexity index is 1110. The third-order valence-corrected chi connectivity index (χ3v) is 5.80. The Labute approximate surface area is 186 Å². The number of nitrogens with zero attached hydrogens (tertiary/aromatic N) is 6. The van der Waals surface area contributed by atoms with Crippen molar-refractivity contribution >= 4 is 11.8 Å². The third kappa shape index (κ3) is 4.13. The lowest BCUT2D eigenvalue weighted by atomic mass is 10.1. The highest BCUT2D eigenvalue weighted by Crippen LogP contribution is 2.26. The van der Waals surface area contributed by atoms with E-state index >= 15 is 0 Å². The lowest BCUT2D eigenvalue weighted by Gasteiger charge is -2.26. The number of methoxy groups -OCH3 is 1. The van der Waals surface area contributed by atoms with E-state index in [4.69, 9.17) is 4.74 Å². The topological polar surface area (TPSA) is 107 Å². The maximum atomic E-state index is 13.2. The fraction of sp³-hybridized carbons (Fsp3) is 0.409. The fourth-order valence-electron chi connectivity index (χ4n) is 4.16. The molecule has 32 heavy (non-hydrogen) atoms. The van der Waals surface area contributed by atoms with Gasteiger partial charge in [-0.3, -0.25) is 14.3 Å². The number of nitrogens with one attached hydrogen (secondary N) is 1. The molecule has 1 aliphatic heterocycles. The van der Waals surface area contributed by atoms with Gasteiger partial charge in [0.05, 0.1) is 18.1 Å². The Kier molecular flexibility index (Phi) is 6.04. The zero-order valence-corrected chi connectivity index (χ0v) is 18.6. The lowest BCUT2D eigenvalue weighted by Crippen LogP contribution is -2.41. The number of aryl methyl sites for hydroxylation is 1. The molecule has 168 valence electrons. The number of hydrogen-bond donors (Lipinski definition) is 1. The van der Waals surface area contributed by atoms with Crippen molar-refractivity contribution in [2.75, 3.05) is 13.7 Å². The lowest BCUT2D eigenvalue weighted by molar-refractivity contribution is -0.143. The molecule has 3 atom stereocenters. The van der Waals surface area contributed by atoms with Crippen molar-refractivity contribution in [2.45, 2.75) is 38.5 Å². The van der Waals surface area contributed by atoms with Crippen LogP contribution in [0.1, 0.15) is 41.2 Å². The van der Waals surface area contributed by atoms with Gasteiger partial charge < -0.3 is 15.0 Å². The van der Waals surface area contributed by atoms with Crippen LogP contribution in [0.4, 0.5) is 0 Å². The number of likely N-dealkylation sites (tertiary alicyclic amines) is 1. The van der Waals surface area contributed by atoms with E-state index in [0.29, 0.717) is 18.7 Å². The standard InChI is InChI=1S/C22H27N7O3/c1-14-10-17(12-28(14)22(31)20(32-4)16-8-6-5-7-9-16)24-21(30)19-15(2)29(26-25-19)18-11-23-27(3)13-18/h5-9,11,13-14,17,20H,10,12H2,1-4H3,(H,24,30)/t14?,17?,20-/m1/s1. The molecule has 0 aliphatic carbocycles. The Hall–Kier alpha value is -3.53. The Morgan fingerprint density at radius 2 is 2.00 bits per heavy atom. The minimum atomic E-state index is -0.672. The van der Waals surface area contributed by atoms with E-state index in [1.807, 2.05) is 44.3 Å². The average Bonchev–Trinajstić information content (AvgIpc) is 3.47. The summed E-state index contributed by atoms with van der Waals surface area (Å²) in [6.07, 6.45) is 3.43. The van der Waals surface area contributed by atoms with Crippen LogP contribution in [0.3, 0.4) is 0 Å². The summed E-state index contributed by atoms with van der Waals surface area (Å²) in [6, 6.07) is 9.20. The van der Waals surface area contributed by atoms with Crippen molar-refractivity contribution in [3.8, 4) is 5.69 Å². The summed E-state index contributed by atoms with van der Waals surface area (Å²) in [5.41, 5.74) is 2.42. The number of benzene rings is 1. The predicted octanol–water partition coefficient (Wildman–Crippen LogP) is 1.42. The van der Waals surface area contributed by atoms with E-state index < -0.39 is 6.10 Å². The molecule has 2 aromatic heterocycles. The fourth-order valence-corrected chi connectivity index (χ4v) is 4.16. The van der Waals surface area contributed by atoms with Crippen molar-refractivity contribution in [1.29, 1.82) is 0 Å². The molecule has 1 aromatic carbocycles.